The molecule has 5 heteroatoms. The molecular formula is C14H16Br2N2O. The Bertz CT molecular complexity index is 574. The van der Waals surface area contributed by atoms with E-state index < -0.39 is 5.60 Å². The first-order valence-electron chi connectivity index (χ1n) is 6.06. The molecule has 2 aromatic rings. The van der Waals surface area contributed by atoms with Crippen LogP contribution in [0.1, 0.15) is 38.1 Å². The molecule has 0 aliphatic carbocycles. The van der Waals surface area contributed by atoms with E-state index in [-0.39, 0.29) is 6.04 Å². The summed E-state index contributed by atoms with van der Waals surface area (Å²) in [6.07, 6.45) is 1.72. The highest BCUT2D eigenvalue weighted by molar-refractivity contribution is 9.10. The van der Waals surface area contributed by atoms with Crippen molar-refractivity contribution in [3.63, 3.8) is 0 Å². The van der Waals surface area contributed by atoms with Gasteiger partial charge in [0, 0.05) is 10.5 Å². The van der Waals surface area contributed by atoms with Crippen LogP contribution in [0.5, 0.6) is 0 Å². The minimum atomic E-state index is -1.10. The van der Waals surface area contributed by atoms with Gasteiger partial charge in [-0.15, -0.1) is 0 Å². The summed E-state index contributed by atoms with van der Waals surface area (Å²) in [6.45, 7) is 5.87. The summed E-state index contributed by atoms with van der Waals surface area (Å²) in [4.78, 5) is 0. The van der Waals surface area contributed by atoms with E-state index in [1.54, 1.807) is 13.1 Å². The van der Waals surface area contributed by atoms with Crippen molar-refractivity contribution in [3.05, 3.63) is 50.7 Å². The van der Waals surface area contributed by atoms with Crippen LogP contribution in [0.15, 0.2) is 39.4 Å². The van der Waals surface area contributed by atoms with Crippen LogP contribution in [-0.4, -0.2) is 14.9 Å². The summed E-state index contributed by atoms with van der Waals surface area (Å²) in [5.41, 5.74) is 0.504. The maximum absolute atomic E-state index is 10.9. The first-order valence-corrected chi connectivity index (χ1v) is 7.64. The molecule has 0 saturated heterocycles. The lowest BCUT2D eigenvalue weighted by Crippen LogP contribution is -2.28. The van der Waals surface area contributed by atoms with Crippen LogP contribution in [0.2, 0.25) is 0 Å². The normalized spacial score (nSPS) is 14.7. The van der Waals surface area contributed by atoms with Crippen LogP contribution in [0.25, 0.3) is 0 Å². The number of hydrogen-bond acceptors (Lipinski definition) is 2. The minimum absolute atomic E-state index is 0.184. The van der Waals surface area contributed by atoms with Gasteiger partial charge in [0.15, 0.2) is 0 Å². The topological polar surface area (TPSA) is 38.0 Å². The van der Waals surface area contributed by atoms with Crippen molar-refractivity contribution in [1.82, 2.24) is 9.78 Å². The molecule has 0 bridgehead atoms. The zero-order valence-electron chi connectivity index (χ0n) is 11.1. The average molecular weight is 388 g/mol. The number of benzene rings is 1. The molecule has 1 aromatic heterocycles. The van der Waals surface area contributed by atoms with E-state index >= 15 is 0 Å². The number of halogens is 2. The molecule has 3 nitrogen and oxygen atoms in total. The molecule has 0 aliphatic rings. The van der Waals surface area contributed by atoms with Crippen molar-refractivity contribution in [1.29, 1.82) is 0 Å². The van der Waals surface area contributed by atoms with E-state index in [1.807, 2.05) is 42.8 Å². The predicted molar refractivity (Wildman–Crippen MR) is 83.1 cm³/mol. The summed E-state index contributed by atoms with van der Waals surface area (Å²) in [5.74, 6) is 0. The molecule has 0 radical (unpaired) electrons. The molecule has 0 fully saturated rings. The first kappa shape index (κ1) is 14.8. The fraction of sp³-hybridized carbons (Fsp3) is 0.357. The van der Waals surface area contributed by atoms with Gasteiger partial charge in [0.2, 0.25) is 0 Å². The van der Waals surface area contributed by atoms with Crippen LogP contribution >= 0.6 is 31.9 Å². The lowest BCUT2D eigenvalue weighted by molar-refractivity contribution is 0.0892. The van der Waals surface area contributed by atoms with E-state index in [0.717, 1.165) is 20.2 Å². The Morgan fingerprint density at radius 3 is 2.32 bits per heavy atom. The second-order valence-corrected chi connectivity index (χ2v) is 6.73. The fourth-order valence-corrected chi connectivity index (χ4v) is 3.02. The van der Waals surface area contributed by atoms with Crippen molar-refractivity contribution in [2.24, 2.45) is 0 Å². The van der Waals surface area contributed by atoms with Gasteiger partial charge in [-0.2, -0.15) is 5.10 Å². The van der Waals surface area contributed by atoms with Gasteiger partial charge in [0.1, 0.15) is 5.60 Å². The van der Waals surface area contributed by atoms with E-state index in [2.05, 4.69) is 37.0 Å². The second kappa shape index (κ2) is 5.38. The van der Waals surface area contributed by atoms with Crippen LogP contribution in [-0.2, 0) is 5.60 Å². The van der Waals surface area contributed by atoms with E-state index in [4.69, 9.17) is 0 Å². The smallest absolute Gasteiger partial charge is 0.129 e. The molecule has 1 aromatic carbocycles. The first-order chi connectivity index (χ1) is 8.84. The molecule has 19 heavy (non-hydrogen) atoms. The van der Waals surface area contributed by atoms with Crippen LogP contribution in [0.4, 0.5) is 0 Å². The largest absolute Gasteiger partial charge is 0.379 e. The zero-order chi connectivity index (χ0) is 14.2. The standard InChI is InChI=1S/C14H16Br2N2O/c1-9(2)18-13(12(16)8-17-18)14(3,19)10-4-6-11(15)7-5-10/h4-9,19H,1-3H3. The van der Waals surface area contributed by atoms with Gasteiger partial charge < -0.3 is 5.11 Å². The third-order valence-corrected chi connectivity index (χ3v) is 4.22. The van der Waals surface area contributed by atoms with Gasteiger partial charge in [-0.3, -0.25) is 4.68 Å². The van der Waals surface area contributed by atoms with Crippen molar-refractivity contribution < 1.29 is 5.11 Å². The maximum Gasteiger partial charge on any atom is 0.129 e. The molecule has 1 N–H and O–H groups in total. The number of nitrogens with zero attached hydrogens (tertiary/aromatic N) is 2. The summed E-state index contributed by atoms with van der Waals surface area (Å²) < 4.78 is 3.64. The highest BCUT2D eigenvalue weighted by Gasteiger charge is 2.32. The highest BCUT2D eigenvalue weighted by Crippen LogP contribution is 2.35. The Labute approximate surface area is 129 Å². The maximum atomic E-state index is 10.9. The molecule has 0 saturated carbocycles. The van der Waals surface area contributed by atoms with Gasteiger partial charge in [-0.05, 0) is 54.4 Å². The molecule has 1 heterocycles. The Hall–Kier alpha value is -0.650. The summed E-state index contributed by atoms with van der Waals surface area (Å²) in [7, 11) is 0. The molecule has 0 aliphatic heterocycles. The number of aliphatic hydroxyl groups is 1. The number of hydrogen-bond donors (Lipinski definition) is 1. The molecular weight excluding hydrogens is 372 g/mol. The van der Waals surface area contributed by atoms with E-state index in [9.17, 15) is 5.11 Å². The van der Waals surface area contributed by atoms with Crippen molar-refractivity contribution in [2.75, 3.05) is 0 Å². The Balaban J connectivity index is 2.55. The Morgan fingerprint density at radius 1 is 1.21 bits per heavy atom. The summed E-state index contributed by atoms with van der Waals surface area (Å²) in [6, 6.07) is 7.85. The molecule has 0 spiro atoms. The number of aromatic nitrogens is 2. The molecule has 2 rings (SSSR count). The van der Waals surface area contributed by atoms with Gasteiger partial charge in [-0.1, -0.05) is 28.1 Å². The van der Waals surface area contributed by atoms with Crippen LogP contribution in [0.3, 0.4) is 0 Å². The molecule has 1 unspecified atom stereocenters. The van der Waals surface area contributed by atoms with E-state index in [1.165, 1.54) is 0 Å². The van der Waals surface area contributed by atoms with E-state index in [0.29, 0.717) is 0 Å². The summed E-state index contributed by atoms with van der Waals surface area (Å²) in [5, 5.41) is 15.3. The van der Waals surface area contributed by atoms with Crippen molar-refractivity contribution >= 4 is 31.9 Å². The van der Waals surface area contributed by atoms with Crippen molar-refractivity contribution in [2.45, 2.75) is 32.4 Å². The fourth-order valence-electron chi connectivity index (χ4n) is 2.10. The minimum Gasteiger partial charge on any atom is -0.379 e. The van der Waals surface area contributed by atoms with Gasteiger partial charge in [-0.25, -0.2) is 0 Å². The SMILES string of the molecule is CC(C)n1ncc(Br)c1C(C)(O)c1ccc(Br)cc1. The zero-order valence-corrected chi connectivity index (χ0v) is 14.2. The highest BCUT2D eigenvalue weighted by atomic mass is 79.9. The van der Waals surface area contributed by atoms with Crippen LogP contribution in [0, 0.1) is 0 Å². The Kier molecular flexibility index (Phi) is 4.18. The van der Waals surface area contributed by atoms with Crippen molar-refractivity contribution in [3.8, 4) is 0 Å². The van der Waals surface area contributed by atoms with Gasteiger partial charge in [0.25, 0.3) is 0 Å². The number of rotatable bonds is 3. The third-order valence-electron chi connectivity index (χ3n) is 3.11. The third kappa shape index (κ3) is 2.78. The predicted octanol–water partition coefficient (Wildman–Crippen LogP) is 4.24. The summed E-state index contributed by atoms with van der Waals surface area (Å²) >= 11 is 6.89. The Morgan fingerprint density at radius 2 is 1.79 bits per heavy atom. The molecule has 102 valence electrons. The second-order valence-electron chi connectivity index (χ2n) is 4.96. The lowest BCUT2D eigenvalue weighted by Gasteiger charge is -2.27. The monoisotopic (exact) mass is 386 g/mol. The molecule has 1 atom stereocenters. The van der Waals surface area contributed by atoms with Gasteiger partial charge in [0.05, 0.1) is 16.4 Å². The quantitative estimate of drug-likeness (QED) is 0.854. The molecule has 0 amide bonds. The van der Waals surface area contributed by atoms with Crippen LogP contribution < -0.4 is 0 Å². The average Bonchev–Trinajstić information content (AvgIpc) is 2.72. The van der Waals surface area contributed by atoms with Gasteiger partial charge >= 0.3 is 0 Å². The lowest BCUT2D eigenvalue weighted by atomic mass is 9.92.